The number of benzene rings is 2. The van der Waals surface area contributed by atoms with Crippen molar-refractivity contribution in [3.05, 3.63) is 69.0 Å². The first-order chi connectivity index (χ1) is 10.1. The van der Waals surface area contributed by atoms with E-state index < -0.39 is 11.6 Å². The van der Waals surface area contributed by atoms with Gasteiger partial charge in [0.1, 0.15) is 11.6 Å². The highest BCUT2D eigenvalue weighted by molar-refractivity contribution is 9.10. The predicted octanol–water partition coefficient (Wildman–Crippen LogP) is 5.25. The summed E-state index contributed by atoms with van der Waals surface area (Å²) < 4.78 is 29.3. The summed E-state index contributed by atoms with van der Waals surface area (Å²) in [4.78, 5) is 0. The average molecular weight is 368 g/mol. The summed E-state index contributed by atoms with van der Waals surface area (Å²) in [6.45, 7) is 0. The number of thiophene rings is 1. The number of fused-ring (bicyclic) bond motifs is 1. The molecule has 0 amide bonds. The number of nitrogens with one attached hydrogen (secondary N) is 1. The largest absolute Gasteiger partial charge is 0.309 e. The van der Waals surface area contributed by atoms with Crippen LogP contribution in [0.1, 0.15) is 17.2 Å². The van der Waals surface area contributed by atoms with E-state index in [1.165, 1.54) is 12.1 Å². The lowest BCUT2D eigenvalue weighted by atomic mass is 9.98. The molecule has 2 aromatic carbocycles. The van der Waals surface area contributed by atoms with Crippen LogP contribution in [0.15, 0.2) is 46.3 Å². The van der Waals surface area contributed by atoms with Crippen molar-refractivity contribution in [1.29, 1.82) is 0 Å². The third-order valence-corrected chi connectivity index (χ3v) is 5.43. The molecule has 1 unspecified atom stereocenters. The zero-order valence-corrected chi connectivity index (χ0v) is 13.6. The van der Waals surface area contributed by atoms with Gasteiger partial charge in [-0.1, -0.05) is 18.2 Å². The molecule has 0 saturated heterocycles. The summed E-state index contributed by atoms with van der Waals surface area (Å²) in [5.41, 5.74) is 1.43. The standard InChI is InChI=1S/C16H12BrF2NS/c1-20-15(11-6-5-9(18)7-14(11)19)12-8-21-16-10(12)3-2-4-13(16)17/h2-8,15,20H,1H3. The minimum atomic E-state index is -0.566. The second-order valence-corrected chi connectivity index (χ2v) is 6.43. The Morgan fingerprint density at radius 3 is 2.67 bits per heavy atom. The molecule has 5 heteroatoms. The van der Waals surface area contributed by atoms with Gasteiger partial charge in [-0.3, -0.25) is 0 Å². The van der Waals surface area contributed by atoms with Crippen LogP contribution in [0, 0.1) is 11.6 Å². The number of hydrogen-bond donors (Lipinski definition) is 1. The van der Waals surface area contributed by atoms with E-state index in [4.69, 9.17) is 0 Å². The minimum Gasteiger partial charge on any atom is -0.309 e. The molecule has 3 rings (SSSR count). The van der Waals surface area contributed by atoms with E-state index in [0.717, 1.165) is 26.2 Å². The molecule has 0 saturated carbocycles. The molecule has 0 aliphatic heterocycles. The quantitative estimate of drug-likeness (QED) is 0.666. The Kier molecular flexibility index (Phi) is 4.06. The van der Waals surface area contributed by atoms with Crippen molar-refractivity contribution in [2.24, 2.45) is 0 Å². The van der Waals surface area contributed by atoms with Crippen molar-refractivity contribution in [2.45, 2.75) is 6.04 Å². The van der Waals surface area contributed by atoms with E-state index in [1.807, 2.05) is 23.6 Å². The van der Waals surface area contributed by atoms with Crippen LogP contribution in [0.3, 0.4) is 0 Å². The van der Waals surface area contributed by atoms with E-state index >= 15 is 0 Å². The van der Waals surface area contributed by atoms with Crippen molar-refractivity contribution < 1.29 is 8.78 Å². The topological polar surface area (TPSA) is 12.0 Å². The van der Waals surface area contributed by atoms with E-state index in [0.29, 0.717) is 5.56 Å². The highest BCUT2D eigenvalue weighted by Gasteiger charge is 2.20. The van der Waals surface area contributed by atoms with Crippen LogP contribution >= 0.6 is 27.3 Å². The van der Waals surface area contributed by atoms with Crippen molar-refractivity contribution in [3.8, 4) is 0 Å². The molecule has 21 heavy (non-hydrogen) atoms. The van der Waals surface area contributed by atoms with E-state index in [2.05, 4.69) is 21.2 Å². The SMILES string of the molecule is CNC(c1ccc(F)cc1F)c1csc2c(Br)cccc12. The fourth-order valence-corrected chi connectivity index (χ4v) is 4.13. The van der Waals surface area contributed by atoms with Crippen LogP contribution in [0.4, 0.5) is 8.78 Å². The fraction of sp³-hybridized carbons (Fsp3) is 0.125. The molecular formula is C16H12BrF2NS. The fourth-order valence-electron chi connectivity index (χ4n) is 2.48. The van der Waals surface area contributed by atoms with Crippen LogP contribution in [-0.2, 0) is 0 Å². The summed E-state index contributed by atoms with van der Waals surface area (Å²) in [6.07, 6.45) is 0. The van der Waals surface area contributed by atoms with Crippen molar-refractivity contribution in [3.63, 3.8) is 0 Å². The predicted molar refractivity (Wildman–Crippen MR) is 86.8 cm³/mol. The Hall–Kier alpha value is -1.30. The third kappa shape index (κ3) is 2.61. The van der Waals surface area contributed by atoms with Crippen molar-refractivity contribution in [1.82, 2.24) is 5.32 Å². The molecule has 108 valence electrons. The Morgan fingerprint density at radius 1 is 1.14 bits per heavy atom. The first-order valence-electron chi connectivity index (χ1n) is 6.39. The minimum absolute atomic E-state index is 0.311. The summed E-state index contributed by atoms with van der Waals surface area (Å²) in [7, 11) is 1.77. The molecule has 0 spiro atoms. The first-order valence-corrected chi connectivity index (χ1v) is 8.07. The van der Waals surface area contributed by atoms with Gasteiger partial charge in [-0.25, -0.2) is 8.78 Å². The smallest absolute Gasteiger partial charge is 0.131 e. The third-order valence-electron chi connectivity index (χ3n) is 3.45. The Bertz CT molecular complexity index is 800. The normalized spacial score (nSPS) is 12.8. The van der Waals surface area contributed by atoms with E-state index in [-0.39, 0.29) is 6.04 Å². The molecule has 1 aromatic heterocycles. The van der Waals surface area contributed by atoms with E-state index in [9.17, 15) is 8.78 Å². The number of hydrogen-bond acceptors (Lipinski definition) is 2. The summed E-state index contributed by atoms with van der Waals surface area (Å²) in [5, 5.41) is 6.20. The van der Waals surface area contributed by atoms with Gasteiger partial charge in [-0.05, 0) is 51.4 Å². The molecule has 3 aromatic rings. The zero-order valence-electron chi connectivity index (χ0n) is 11.2. The Morgan fingerprint density at radius 2 is 1.95 bits per heavy atom. The van der Waals surface area contributed by atoms with Gasteiger partial charge in [-0.2, -0.15) is 0 Å². The van der Waals surface area contributed by atoms with Gasteiger partial charge in [0.05, 0.1) is 6.04 Å². The number of halogens is 3. The van der Waals surface area contributed by atoms with Crippen LogP contribution in [-0.4, -0.2) is 7.05 Å². The molecule has 0 aliphatic rings. The van der Waals surface area contributed by atoms with E-state index in [1.54, 1.807) is 18.4 Å². The highest BCUT2D eigenvalue weighted by atomic mass is 79.9. The molecule has 0 fully saturated rings. The highest BCUT2D eigenvalue weighted by Crippen LogP contribution is 2.37. The van der Waals surface area contributed by atoms with Gasteiger partial charge >= 0.3 is 0 Å². The van der Waals surface area contributed by atoms with Crippen LogP contribution < -0.4 is 5.32 Å². The molecule has 1 N–H and O–H groups in total. The average Bonchev–Trinajstić information content (AvgIpc) is 2.87. The number of rotatable bonds is 3. The summed E-state index contributed by atoms with van der Waals surface area (Å²) in [5.74, 6) is -1.10. The maximum Gasteiger partial charge on any atom is 0.131 e. The maximum absolute atomic E-state index is 14.1. The second kappa shape index (κ2) is 5.83. The Balaban J connectivity index is 2.16. The van der Waals surface area contributed by atoms with Crippen LogP contribution in [0.5, 0.6) is 0 Å². The summed E-state index contributed by atoms with van der Waals surface area (Å²) >= 11 is 5.13. The monoisotopic (exact) mass is 367 g/mol. The van der Waals surface area contributed by atoms with Gasteiger partial charge in [0, 0.05) is 20.8 Å². The van der Waals surface area contributed by atoms with Crippen LogP contribution in [0.25, 0.3) is 10.1 Å². The van der Waals surface area contributed by atoms with Gasteiger partial charge in [0.15, 0.2) is 0 Å². The first kappa shape index (κ1) is 14.6. The van der Waals surface area contributed by atoms with Gasteiger partial charge in [-0.15, -0.1) is 11.3 Å². The van der Waals surface area contributed by atoms with Crippen molar-refractivity contribution in [2.75, 3.05) is 7.05 Å². The maximum atomic E-state index is 14.1. The van der Waals surface area contributed by atoms with Crippen molar-refractivity contribution >= 4 is 37.4 Å². The molecule has 0 bridgehead atoms. The lowest BCUT2D eigenvalue weighted by molar-refractivity contribution is 0.553. The molecule has 0 aliphatic carbocycles. The zero-order chi connectivity index (χ0) is 15.0. The molecule has 1 atom stereocenters. The second-order valence-electron chi connectivity index (χ2n) is 4.70. The molecule has 1 nitrogen and oxygen atoms in total. The molecular weight excluding hydrogens is 356 g/mol. The van der Waals surface area contributed by atoms with Crippen LogP contribution in [0.2, 0.25) is 0 Å². The van der Waals surface area contributed by atoms with Gasteiger partial charge in [0.2, 0.25) is 0 Å². The molecule has 0 radical (unpaired) electrons. The van der Waals surface area contributed by atoms with Gasteiger partial charge in [0.25, 0.3) is 0 Å². The molecule has 1 heterocycles. The van der Waals surface area contributed by atoms with Gasteiger partial charge < -0.3 is 5.32 Å². The summed E-state index contributed by atoms with van der Waals surface area (Å²) in [6, 6.07) is 9.34. The lowest BCUT2D eigenvalue weighted by Gasteiger charge is -2.17. The Labute approximate surface area is 133 Å². The lowest BCUT2D eigenvalue weighted by Crippen LogP contribution is -2.18.